The second-order valence-electron chi connectivity index (χ2n) is 7.22. The summed E-state index contributed by atoms with van der Waals surface area (Å²) in [7, 11) is 0. The Hall–Kier alpha value is -2.92. The van der Waals surface area contributed by atoms with E-state index in [1.807, 2.05) is 36.4 Å². The Balaban J connectivity index is 1.63. The summed E-state index contributed by atoms with van der Waals surface area (Å²) in [5.41, 5.74) is 4.52. The van der Waals surface area contributed by atoms with Crippen molar-refractivity contribution in [2.24, 2.45) is 0 Å². The average Bonchev–Trinajstić information content (AvgIpc) is 3.24. The zero-order chi connectivity index (χ0) is 19.3. The molecule has 4 rings (SSSR count). The van der Waals surface area contributed by atoms with Gasteiger partial charge >= 0.3 is 0 Å². The van der Waals surface area contributed by atoms with Gasteiger partial charge in [0, 0.05) is 30.5 Å². The van der Waals surface area contributed by atoms with Crippen molar-refractivity contribution in [2.45, 2.75) is 32.8 Å². The number of benzene rings is 2. The highest BCUT2D eigenvalue weighted by Crippen LogP contribution is 2.26. The summed E-state index contributed by atoms with van der Waals surface area (Å²) in [6.45, 7) is 5.84. The van der Waals surface area contributed by atoms with Crippen LogP contribution in [-0.4, -0.2) is 29.2 Å². The maximum Gasteiger partial charge on any atom is 0.163 e. The van der Waals surface area contributed by atoms with Crippen LogP contribution >= 0.6 is 0 Å². The van der Waals surface area contributed by atoms with E-state index in [9.17, 15) is 0 Å². The molecule has 144 valence electrons. The van der Waals surface area contributed by atoms with Crippen LogP contribution in [0.25, 0.3) is 11.4 Å². The van der Waals surface area contributed by atoms with Crippen molar-refractivity contribution in [2.75, 3.05) is 23.8 Å². The Morgan fingerprint density at radius 2 is 1.82 bits per heavy atom. The number of hydrogen-bond donors (Lipinski definition) is 2. The molecule has 2 N–H and O–H groups in total. The van der Waals surface area contributed by atoms with Gasteiger partial charge in [0.05, 0.1) is 6.10 Å². The van der Waals surface area contributed by atoms with Crippen LogP contribution in [0.2, 0.25) is 0 Å². The topological polar surface area (TPSA) is 59.1 Å². The number of aryl methyl sites for hydroxylation is 1. The molecule has 0 bridgehead atoms. The summed E-state index contributed by atoms with van der Waals surface area (Å²) < 4.78 is 5.72. The van der Waals surface area contributed by atoms with E-state index in [4.69, 9.17) is 14.7 Å². The van der Waals surface area contributed by atoms with Gasteiger partial charge in [0.25, 0.3) is 0 Å². The third-order valence-electron chi connectivity index (χ3n) is 5.16. The van der Waals surface area contributed by atoms with Crippen LogP contribution in [0.3, 0.4) is 0 Å². The molecule has 1 aromatic heterocycles. The highest BCUT2D eigenvalue weighted by molar-refractivity contribution is 5.67. The Morgan fingerprint density at radius 3 is 2.61 bits per heavy atom. The normalized spacial score (nSPS) is 16.1. The van der Waals surface area contributed by atoms with Crippen molar-refractivity contribution in [3.05, 3.63) is 65.7 Å². The molecule has 0 spiro atoms. The fourth-order valence-electron chi connectivity index (χ4n) is 3.37. The fraction of sp³-hybridized carbons (Fsp3) is 0.304. The molecule has 5 nitrogen and oxygen atoms in total. The van der Waals surface area contributed by atoms with Crippen molar-refractivity contribution < 1.29 is 4.74 Å². The Labute approximate surface area is 166 Å². The molecule has 2 heterocycles. The minimum absolute atomic E-state index is 0.255. The van der Waals surface area contributed by atoms with Crippen LogP contribution in [0.1, 0.15) is 24.0 Å². The summed E-state index contributed by atoms with van der Waals surface area (Å²) in [5, 5.41) is 6.90. The zero-order valence-corrected chi connectivity index (χ0v) is 16.4. The molecule has 1 unspecified atom stereocenters. The van der Waals surface area contributed by atoms with Crippen LogP contribution in [-0.2, 0) is 4.74 Å². The van der Waals surface area contributed by atoms with Gasteiger partial charge in [-0.3, -0.25) is 0 Å². The molecule has 0 radical (unpaired) electrons. The number of nitrogens with zero attached hydrogens (tertiary/aromatic N) is 2. The summed E-state index contributed by atoms with van der Waals surface area (Å²) in [4.78, 5) is 9.48. The Kier molecular flexibility index (Phi) is 5.53. The fourth-order valence-corrected chi connectivity index (χ4v) is 3.37. The first-order valence-electron chi connectivity index (χ1n) is 9.82. The van der Waals surface area contributed by atoms with E-state index < -0.39 is 0 Å². The van der Waals surface area contributed by atoms with Gasteiger partial charge < -0.3 is 15.4 Å². The van der Waals surface area contributed by atoms with E-state index in [-0.39, 0.29) is 6.10 Å². The van der Waals surface area contributed by atoms with Crippen molar-refractivity contribution in [3.63, 3.8) is 0 Å². The minimum Gasteiger partial charge on any atom is -0.376 e. The number of anilines is 3. The van der Waals surface area contributed by atoms with Gasteiger partial charge in [-0.15, -0.1) is 0 Å². The lowest BCUT2D eigenvalue weighted by atomic mass is 10.1. The van der Waals surface area contributed by atoms with Crippen LogP contribution in [0.4, 0.5) is 17.3 Å². The van der Waals surface area contributed by atoms with E-state index in [0.717, 1.165) is 48.9 Å². The molecule has 1 saturated heterocycles. The molecule has 2 aromatic carbocycles. The van der Waals surface area contributed by atoms with Crippen molar-refractivity contribution in [1.29, 1.82) is 0 Å². The molecule has 1 aliphatic heterocycles. The molecule has 5 heteroatoms. The highest BCUT2D eigenvalue weighted by Gasteiger charge is 2.16. The van der Waals surface area contributed by atoms with Crippen LogP contribution in [0, 0.1) is 13.8 Å². The van der Waals surface area contributed by atoms with Gasteiger partial charge in [0.15, 0.2) is 5.82 Å². The number of hydrogen-bond acceptors (Lipinski definition) is 5. The molecule has 1 aliphatic rings. The summed E-state index contributed by atoms with van der Waals surface area (Å²) in [6.07, 6.45) is 2.48. The van der Waals surface area contributed by atoms with E-state index in [2.05, 4.69) is 42.7 Å². The molecule has 0 aliphatic carbocycles. The minimum atomic E-state index is 0.255. The Morgan fingerprint density at radius 1 is 1.00 bits per heavy atom. The predicted molar refractivity (Wildman–Crippen MR) is 114 cm³/mol. The SMILES string of the molecule is Cc1cccc(Nc2cc(NCC3CCCO3)nc(-c3ccccc3)n2)c1C. The molecule has 0 amide bonds. The molecule has 1 atom stereocenters. The van der Waals surface area contributed by atoms with Crippen molar-refractivity contribution in [3.8, 4) is 11.4 Å². The summed E-state index contributed by atoms with van der Waals surface area (Å²) >= 11 is 0. The van der Waals surface area contributed by atoms with Gasteiger partial charge in [-0.05, 0) is 43.9 Å². The smallest absolute Gasteiger partial charge is 0.163 e. The molecule has 3 aromatic rings. The average molecular weight is 374 g/mol. The number of nitrogens with one attached hydrogen (secondary N) is 2. The second kappa shape index (κ2) is 8.40. The lowest BCUT2D eigenvalue weighted by Crippen LogP contribution is -2.19. The molecular weight excluding hydrogens is 348 g/mol. The highest BCUT2D eigenvalue weighted by atomic mass is 16.5. The number of rotatable bonds is 6. The quantitative estimate of drug-likeness (QED) is 0.629. The summed E-state index contributed by atoms with van der Waals surface area (Å²) in [6, 6.07) is 18.3. The lowest BCUT2D eigenvalue weighted by Gasteiger charge is -2.15. The number of aromatic nitrogens is 2. The maximum atomic E-state index is 5.72. The Bertz CT molecular complexity index is 937. The monoisotopic (exact) mass is 374 g/mol. The zero-order valence-electron chi connectivity index (χ0n) is 16.4. The molecule has 1 fully saturated rings. The van der Waals surface area contributed by atoms with E-state index in [1.54, 1.807) is 0 Å². The van der Waals surface area contributed by atoms with Gasteiger partial charge in [-0.2, -0.15) is 0 Å². The lowest BCUT2D eigenvalue weighted by molar-refractivity contribution is 0.120. The van der Waals surface area contributed by atoms with Gasteiger partial charge in [0.2, 0.25) is 0 Å². The largest absolute Gasteiger partial charge is 0.376 e. The first-order valence-corrected chi connectivity index (χ1v) is 9.82. The van der Waals surface area contributed by atoms with E-state index in [0.29, 0.717) is 5.82 Å². The second-order valence-corrected chi connectivity index (χ2v) is 7.22. The van der Waals surface area contributed by atoms with Crippen molar-refractivity contribution in [1.82, 2.24) is 9.97 Å². The van der Waals surface area contributed by atoms with Gasteiger partial charge in [0.1, 0.15) is 11.6 Å². The first kappa shape index (κ1) is 18.4. The van der Waals surface area contributed by atoms with Gasteiger partial charge in [-0.1, -0.05) is 42.5 Å². The van der Waals surface area contributed by atoms with Gasteiger partial charge in [-0.25, -0.2) is 9.97 Å². The van der Waals surface area contributed by atoms with Crippen LogP contribution in [0.15, 0.2) is 54.6 Å². The molecule has 0 saturated carbocycles. The maximum absolute atomic E-state index is 5.72. The van der Waals surface area contributed by atoms with E-state index >= 15 is 0 Å². The number of ether oxygens (including phenoxy) is 1. The first-order chi connectivity index (χ1) is 13.7. The third-order valence-corrected chi connectivity index (χ3v) is 5.16. The van der Waals surface area contributed by atoms with Crippen LogP contribution in [0.5, 0.6) is 0 Å². The van der Waals surface area contributed by atoms with Crippen LogP contribution < -0.4 is 10.6 Å². The molecule has 28 heavy (non-hydrogen) atoms. The third kappa shape index (κ3) is 4.31. The standard InChI is InChI=1S/C23H26N4O/c1-16-8-6-12-20(17(16)2)25-22-14-21(24-15-19-11-7-13-28-19)26-23(27-22)18-9-4-3-5-10-18/h3-6,8-10,12,14,19H,7,11,13,15H2,1-2H3,(H2,24,25,26,27). The van der Waals surface area contributed by atoms with Crippen molar-refractivity contribution >= 4 is 17.3 Å². The summed E-state index contributed by atoms with van der Waals surface area (Å²) in [5.74, 6) is 2.28. The van der Waals surface area contributed by atoms with E-state index in [1.165, 1.54) is 11.1 Å². The molecular formula is C23H26N4O. The predicted octanol–water partition coefficient (Wildman–Crippen LogP) is 5.09.